The number of aliphatic hydroxyl groups is 1. The van der Waals surface area contributed by atoms with Gasteiger partial charge in [0.15, 0.2) is 0 Å². The minimum atomic E-state index is -0.576. The van der Waals surface area contributed by atoms with Crippen molar-refractivity contribution in [2.75, 3.05) is 27.7 Å². The van der Waals surface area contributed by atoms with Crippen LogP contribution >= 0.6 is 0 Å². The zero-order valence-electron chi connectivity index (χ0n) is 11.1. The molecule has 0 spiro atoms. The van der Waals surface area contributed by atoms with E-state index < -0.39 is 6.10 Å². The number of likely N-dealkylation sites (N-methyl/N-ethyl adjacent to an activating group) is 1. The van der Waals surface area contributed by atoms with Gasteiger partial charge in [-0.2, -0.15) is 0 Å². The zero-order valence-corrected chi connectivity index (χ0v) is 11.9. The van der Waals surface area contributed by atoms with Crippen molar-refractivity contribution in [3.8, 4) is 0 Å². The summed E-state index contributed by atoms with van der Waals surface area (Å²) in [6, 6.07) is 0.128. The molecule has 1 saturated carbocycles. The molecule has 0 heterocycles. The number of halogens is 1. The molecule has 1 rings (SSSR count). The van der Waals surface area contributed by atoms with Crippen LogP contribution in [-0.4, -0.2) is 55.5 Å². The van der Waals surface area contributed by atoms with Crippen molar-refractivity contribution in [3.05, 3.63) is 0 Å². The lowest BCUT2D eigenvalue weighted by Crippen LogP contribution is -3.00. The summed E-state index contributed by atoms with van der Waals surface area (Å²) in [6.07, 6.45) is 2.13. The Morgan fingerprint density at radius 2 is 1.94 bits per heavy atom. The lowest BCUT2D eigenvalue weighted by atomic mass is 9.81. The molecule has 0 unspecified atom stereocenters. The third kappa shape index (κ3) is 4.12. The minimum Gasteiger partial charge on any atom is -1.00 e. The molecule has 17 heavy (non-hydrogen) atoms. The number of ether oxygens (including phenoxy) is 1. The van der Waals surface area contributed by atoms with Gasteiger partial charge in [0.2, 0.25) is 0 Å². The van der Waals surface area contributed by atoms with Crippen molar-refractivity contribution in [2.24, 2.45) is 5.92 Å². The lowest BCUT2D eigenvalue weighted by molar-refractivity contribution is -0.901. The van der Waals surface area contributed by atoms with Gasteiger partial charge < -0.3 is 26.7 Å². The van der Waals surface area contributed by atoms with E-state index in [1.807, 2.05) is 0 Å². The van der Waals surface area contributed by atoms with Gasteiger partial charge in [0.25, 0.3) is 0 Å². The van der Waals surface area contributed by atoms with Gasteiger partial charge in [-0.05, 0) is 19.8 Å². The van der Waals surface area contributed by atoms with E-state index in [1.54, 1.807) is 6.92 Å². The summed E-state index contributed by atoms with van der Waals surface area (Å²) < 4.78 is 5.70. The Labute approximate surface area is 110 Å². The van der Waals surface area contributed by atoms with E-state index in [0.29, 0.717) is 11.1 Å². The normalized spacial score (nSPS) is 29.4. The Bertz CT molecular complexity index is 253. The summed E-state index contributed by atoms with van der Waals surface area (Å²) >= 11 is 0. The number of carbonyl (C=O) groups is 1. The number of hydrogen-bond donors (Lipinski definition) is 1. The summed E-state index contributed by atoms with van der Waals surface area (Å²) in [5, 5.41) is 10.2. The summed E-state index contributed by atoms with van der Waals surface area (Å²) in [7, 11) is 6.17. The van der Waals surface area contributed by atoms with E-state index in [9.17, 15) is 9.90 Å². The van der Waals surface area contributed by atoms with Crippen molar-refractivity contribution in [3.63, 3.8) is 0 Å². The average Bonchev–Trinajstić information content (AvgIpc) is 2.16. The highest BCUT2D eigenvalue weighted by molar-refractivity contribution is 5.73. The molecule has 1 aliphatic rings. The second-order valence-corrected chi connectivity index (χ2v) is 5.46. The lowest BCUT2D eigenvalue weighted by Gasteiger charge is -2.42. The molecule has 0 amide bonds. The van der Waals surface area contributed by atoms with Crippen molar-refractivity contribution in [2.45, 2.75) is 38.3 Å². The molecule has 4 nitrogen and oxygen atoms in total. The third-order valence-corrected chi connectivity index (χ3v) is 3.41. The maximum absolute atomic E-state index is 11.7. The van der Waals surface area contributed by atoms with Gasteiger partial charge >= 0.3 is 5.97 Å². The van der Waals surface area contributed by atoms with Crippen LogP contribution in [0.15, 0.2) is 0 Å². The molecule has 1 aliphatic carbocycles. The predicted octanol–water partition coefficient (Wildman–Crippen LogP) is -2.21. The molecule has 0 aliphatic heterocycles. The molecule has 1 N–H and O–H groups in total. The molecule has 0 aromatic rings. The number of aliphatic hydroxyl groups excluding tert-OH is 1. The summed E-state index contributed by atoms with van der Waals surface area (Å²) in [6.45, 7) is 2.18. The first-order valence-corrected chi connectivity index (χ1v) is 6.03. The van der Waals surface area contributed by atoms with E-state index >= 15 is 0 Å². The predicted molar refractivity (Wildman–Crippen MR) is 61.8 cm³/mol. The van der Waals surface area contributed by atoms with E-state index in [4.69, 9.17) is 4.74 Å². The van der Waals surface area contributed by atoms with Gasteiger partial charge in [-0.1, -0.05) is 0 Å². The summed E-state index contributed by atoms with van der Waals surface area (Å²) in [4.78, 5) is 11.7. The van der Waals surface area contributed by atoms with Gasteiger partial charge in [-0.25, -0.2) is 0 Å². The SMILES string of the molecule is CCOC(=O)[C@H]1CCC[C@@H]([N+](C)(C)C)[C@H]1O.[Cl-]. The highest BCUT2D eigenvalue weighted by Crippen LogP contribution is 2.30. The van der Waals surface area contributed by atoms with Crippen molar-refractivity contribution >= 4 is 5.97 Å². The van der Waals surface area contributed by atoms with E-state index in [0.717, 1.165) is 19.3 Å². The third-order valence-electron chi connectivity index (χ3n) is 3.41. The number of hydrogen-bond acceptors (Lipinski definition) is 3. The second-order valence-electron chi connectivity index (χ2n) is 5.46. The summed E-state index contributed by atoms with van der Waals surface area (Å²) in [5.41, 5.74) is 0. The van der Waals surface area contributed by atoms with Crippen molar-refractivity contribution in [1.29, 1.82) is 0 Å². The first-order valence-electron chi connectivity index (χ1n) is 6.03. The Kier molecular flexibility index (Phi) is 6.45. The Hall–Kier alpha value is -0.320. The number of quaternary nitrogens is 1. The van der Waals surface area contributed by atoms with Crippen molar-refractivity contribution < 1.29 is 31.5 Å². The number of esters is 1. The molecule has 0 aromatic heterocycles. The van der Waals surface area contributed by atoms with Crippen LogP contribution in [0.5, 0.6) is 0 Å². The fraction of sp³-hybridized carbons (Fsp3) is 0.917. The Morgan fingerprint density at radius 1 is 1.35 bits per heavy atom. The molecule has 3 atom stereocenters. The monoisotopic (exact) mass is 265 g/mol. The highest BCUT2D eigenvalue weighted by atomic mass is 35.5. The van der Waals surface area contributed by atoms with Crippen molar-refractivity contribution in [1.82, 2.24) is 0 Å². The van der Waals surface area contributed by atoms with Gasteiger partial charge in [0, 0.05) is 6.42 Å². The van der Waals surface area contributed by atoms with Crippen LogP contribution in [-0.2, 0) is 9.53 Å². The van der Waals surface area contributed by atoms with E-state index in [2.05, 4.69) is 21.1 Å². The first-order chi connectivity index (χ1) is 7.38. The molecule has 0 radical (unpaired) electrons. The highest BCUT2D eigenvalue weighted by Gasteiger charge is 2.43. The Morgan fingerprint density at radius 3 is 2.41 bits per heavy atom. The van der Waals surface area contributed by atoms with Crippen LogP contribution in [0.1, 0.15) is 26.2 Å². The molecular formula is C12H24ClNO3. The molecule has 0 bridgehead atoms. The summed E-state index contributed by atoms with van der Waals surface area (Å²) in [5.74, 6) is -0.579. The van der Waals surface area contributed by atoms with Gasteiger partial charge in [0.05, 0.1) is 33.7 Å². The zero-order chi connectivity index (χ0) is 12.3. The van der Waals surface area contributed by atoms with Gasteiger partial charge in [0.1, 0.15) is 12.1 Å². The van der Waals surface area contributed by atoms with Crippen LogP contribution in [0.3, 0.4) is 0 Å². The maximum Gasteiger partial charge on any atom is 0.311 e. The molecule has 1 fully saturated rings. The molecule has 5 heteroatoms. The fourth-order valence-corrected chi connectivity index (χ4v) is 2.51. The smallest absolute Gasteiger partial charge is 0.311 e. The van der Waals surface area contributed by atoms with Crippen LogP contribution in [0.25, 0.3) is 0 Å². The van der Waals surface area contributed by atoms with E-state index in [1.165, 1.54) is 0 Å². The Balaban J connectivity index is 0.00000256. The first kappa shape index (κ1) is 16.7. The van der Waals surface area contributed by atoms with Crippen LogP contribution in [0.2, 0.25) is 0 Å². The largest absolute Gasteiger partial charge is 1.00 e. The fourth-order valence-electron chi connectivity index (χ4n) is 2.51. The number of nitrogens with zero attached hydrogens (tertiary/aromatic N) is 1. The second kappa shape index (κ2) is 6.57. The average molecular weight is 266 g/mol. The number of carbonyl (C=O) groups excluding carboxylic acids is 1. The van der Waals surface area contributed by atoms with Gasteiger partial charge in [-0.15, -0.1) is 0 Å². The van der Waals surface area contributed by atoms with Crippen LogP contribution < -0.4 is 12.4 Å². The van der Waals surface area contributed by atoms with E-state index in [-0.39, 0.29) is 30.3 Å². The number of rotatable bonds is 3. The van der Waals surface area contributed by atoms with Crippen LogP contribution in [0.4, 0.5) is 0 Å². The van der Waals surface area contributed by atoms with Gasteiger partial charge in [-0.3, -0.25) is 4.79 Å². The molecular weight excluding hydrogens is 242 g/mol. The molecule has 0 saturated heterocycles. The molecule has 102 valence electrons. The standard InChI is InChI=1S/C12H24NO3.ClH/c1-5-16-12(15)9-7-6-8-10(11(9)14)13(2,3)4;/h9-11,14H,5-8H2,1-4H3;1H/q+1;/p-1/t9-,10+,11-;/m0./s1. The minimum absolute atomic E-state index is 0. The topological polar surface area (TPSA) is 46.5 Å². The molecule has 0 aromatic carbocycles. The maximum atomic E-state index is 11.7. The van der Waals surface area contributed by atoms with Crippen LogP contribution in [0, 0.1) is 5.92 Å². The quantitative estimate of drug-likeness (QED) is 0.465.